The Balaban J connectivity index is 2.30. The van der Waals surface area contributed by atoms with Gasteiger partial charge in [0.1, 0.15) is 5.75 Å². The van der Waals surface area contributed by atoms with Gasteiger partial charge in [0, 0.05) is 18.7 Å². The number of benzene rings is 1. The fourth-order valence-electron chi connectivity index (χ4n) is 1.71. The Kier molecular flexibility index (Phi) is 8.47. The first-order valence-corrected chi connectivity index (χ1v) is 7.49. The van der Waals surface area contributed by atoms with Crippen molar-refractivity contribution in [2.24, 2.45) is 0 Å². The molecule has 0 aliphatic heterocycles. The standard InChI is InChI=1S/C16H26N2O2/c1-3-5-13-20-15-8-6-14(7-9-15)16(19)18-12-11-17-10-4-2/h6-9,17H,3-5,10-13H2,1-2H3,(H,18,19). The lowest BCUT2D eigenvalue weighted by Crippen LogP contribution is -2.32. The largest absolute Gasteiger partial charge is 0.494 e. The molecule has 0 spiro atoms. The average Bonchev–Trinajstić information content (AvgIpc) is 2.48. The molecule has 0 aliphatic rings. The van der Waals surface area contributed by atoms with E-state index in [1.807, 2.05) is 12.1 Å². The van der Waals surface area contributed by atoms with Crippen LogP contribution in [0.5, 0.6) is 5.75 Å². The van der Waals surface area contributed by atoms with Crippen LogP contribution >= 0.6 is 0 Å². The number of hydrogen-bond donors (Lipinski definition) is 2. The summed E-state index contributed by atoms with van der Waals surface area (Å²) in [5.74, 6) is 0.781. The molecule has 112 valence electrons. The Labute approximate surface area is 121 Å². The fourth-order valence-corrected chi connectivity index (χ4v) is 1.71. The third-order valence-electron chi connectivity index (χ3n) is 2.90. The highest BCUT2D eigenvalue weighted by atomic mass is 16.5. The van der Waals surface area contributed by atoms with Crippen molar-refractivity contribution in [2.45, 2.75) is 33.1 Å². The molecule has 0 fully saturated rings. The molecule has 0 bridgehead atoms. The summed E-state index contributed by atoms with van der Waals surface area (Å²) in [7, 11) is 0. The average molecular weight is 278 g/mol. The smallest absolute Gasteiger partial charge is 0.251 e. The van der Waals surface area contributed by atoms with E-state index in [1.165, 1.54) is 0 Å². The van der Waals surface area contributed by atoms with Crippen LogP contribution in [0.2, 0.25) is 0 Å². The van der Waals surface area contributed by atoms with Crippen LogP contribution in [0.3, 0.4) is 0 Å². The summed E-state index contributed by atoms with van der Waals surface area (Å²) in [6.45, 7) is 7.41. The molecule has 0 aromatic heterocycles. The Morgan fingerprint density at radius 1 is 1.05 bits per heavy atom. The minimum absolute atomic E-state index is 0.0385. The van der Waals surface area contributed by atoms with Gasteiger partial charge in [-0.05, 0) is 43.7 Å². The summed E-state index contributed by atoms with van der Waals surface area (Å²) >= 11 is 0. The Morgan fingerprint density at radius 2 is 1.80 bits per heavy atom. The van der Waals surface area contributed by atoms with Crippen molar-refractivity contribution in [3.8, 4) is 5.75 Å². The number of amides is 1. The molecule has 0 atom stereocenters. The highest BCUT2D eigenvalue weighted by Crippen LogP contribution is 2.12. The van der Waals surface area contributed by atoms with Gasteiger partial charge >= 0.3 is 0 Å². The number of rotatable bonds is 10. The first-order valence-electron chi connectivity index (χ1n) is 7.49. The molecule has 0 unspecified atom stereocenters. The molecule has 1 aromatic carbocycles. The van der Waals surface area contributed by atoms with Crippen molar-refractivity contribution in [1.82, 2.24) is 10.6 Å². The third-order valence-corrected chi connectivity index (χ3v) is 2.90. The van der Waals surface area contributed by atoms with Crippen LogP contribution in [0.1, 0.15) is 43.5 Å². The predicted octanol–water partition coefficient (Wildman–Crippen LogP) is 2.59. The summed E-state index contributed by atoms with van der Waals surface area (Å²) in [4.78, 5) is 11.9. The maximum atomic E-state index is 11.9. The van der Waals surface area contributed by atoms with Gasteiger partial charge in [0.15, 0.2) is 0 Å². The number of ether oxygens (including phenoxy) is 1. The van der Waals surface area contributed by atoms with E-state index in [0.717, 1.165) is 44.7 Å². The second kappa shape index (κ2) is 10.3. The van der Waals surface area contributed by atoms with Crippen LogP contribution in [-0.4, -0.2) is 32.1 Å². The van der Waals surface area contributed by atoms with Crippen LogP contribution in [0.15, 0.2) is 24.3 Å². The van der Waals surface area contributed by atoms with Gasteiger partial charge in [-0.25, -0.2) is 0 Å². The van der Waals surface area contributed by atoms with Crippen LogP contribution in [0.4, 0.5) is 0 Å². The summed E-state index contributed by atoms with van der Waals surface area (Å²) in [6.07, 6.45) is 3.27. The molecule has 0 radical (unpaired) electrons. The number of hydrogen-bond acceptors (Lipinski definition) is 3. The maximum absolute atomic E-state index is 11.9. The van der Waals surface area contributed by atoms with Gasteiger partial charge in [0.2, 0.25) is 0 Å². The molecule has 0 aliphatic carbocycles. The molecule has 2 N–H and O–H groups in total. The number of carbonyl (C=O) groups excluding carboxylic acids is 1. The lowest BCUT2D eigenvalue weighted by molar-refractivity contribution is 0.0954. The van der Waals surface area contributed by atoms with Gasteiger partial charge in [-0.3, -0.25) is 4.79 Å². The normalized spacial score (nSPS) is 10.3. The second-order valence-electron chi connectivity index (χ2n) is 4.73. The Hall–Kier alpha value is -1.55. The summed E-state index contributed by atoms with van der Waals surface area (Å²) in [6, 6.07) is 7.30. The maximum Gasteiger partial charge on any atom is 0.251 e. The van der Waals surface area contributed by atoms with E-state index in [2.05, 4.69) is 24.5 Å². The number of nitrogens with one attached hydrogen (secondary N) is 2. The summed E-state index contributed by atoms with van der Waals surface area (Å²) < 4.78 is 5.56. The molecule has 1 amide bonds. The highest BCUT2D eigenvalue weighted by molar-refractivity contribution is 5.94. The Morgan fingerprint density at radius 3 is 2.45 bits per heavy atom. The lowest BCUT2D eigenvalue weighted by atomic mass is 10.2. The monoisotopic (exact) mass is 278 g/mol. The molecule has 0 saturated heterocycles. The van der Waals surface area contributed by atoms with E-state index in [0.29, 0.717) is 12.1 Å². The van der Waals surface area contributed by atoms with Crippen LogP contribution in [0, 0.1) is 0 Å². The van der Waals surface area contributed by atoms with Crippen LogP contribution in [-0.2, 0) is 0 Å². The molecule has 1 rings (SSSR count). The molecular weight excluding hydrogens is 252 g/mol. The Bertz CT molecular complexity index is 377. The molecule has 4 nitrogen and oxygen atoms in total. The third kappa shape index (κ3) is 6.57. The molecule has 0 saturated carbocycles. The van der Waals surface area contributed by atoms with Crippen LogP contribution < -0.4 is 15.4 Å². The first-order chi connectivity index (χ1) is 9.77. The van der Waals surface area contributed by atoms with Crippen molar-refractivity contribution in [2.75, 3.05) is 26.2 Å². The highest BCUT2D eigenvalue weighted by Gasteiger charge is 2.04. The second-order valence-corrected chi connectivity index (χ2v) is 4.73. The predicted molar refractivity (Wildman–Crippen MR) is 82.3 cm³/mol. The van der Waals surface area contributed by atoms with Gasteiger partial charge in [0.05, 0.1) is 6.61 Å². The van der Waals surface area contributed by atoms with Crippen LogP contribution in [0.25, 0.3) is 0 Å². The van der Waals surface area contributed by atoms with E-state index >= 15 is 0 Å². The van der Waals surface area contributed by atoms with E-state index in [4.69, 9.17) is 4.74 Å². The van der Waals surface area contributed by atoms with E-state index in [-0.39, 0.29) is 5.91 Å². The fraction of sp³-hybridized carbons (Fsp3) is 0.562. The SMILES string of the molecule is CCCCOc1ccc(C(=O)NCCNCCC)cc1. The summed E-state index contributed by atoms with van der Waals surface area (Å²) in [5, 5.41) is 6.13. The molecular formula is C16H26N2O2. The van der Waals surface area contributed by atoms with Gasteiger partial charge < -0.3 is 15.4 Å². The van der Waals surface area contributed by atoms with E-state index in [9.17, 15) is 4.79 Å². The van der Waals surface area contributed by atoms with Crippen molar-refractivity contribution in [1.29, 1.82) is 0 Å². The molecule has 20 heavy (non-hydrogen) atoms. The topological polar surface area (TPSA) is 50.4 Å². The van der Waals surface area contributed by atoms with E-state index in [1.54, 1.807) is 12.1 Å². The molecule has 4 heteroatoms. The zero-order valence-corrected chi connectivity index (χ0v) is 12.6. The van der Waals surface area contributed by atoms with Crippen molar-refractivity contribution in [3.63, 3.8) is 0 Å². The number of carbonyl (C=O) groups is 1. The van der Waals surface area contributed by atoms with E-state index < -0.39 is 0 Å². The zero-order chi connectivity index (χ0) is 14.6. The number of unbranched alkanes of at least 4 members (excludes halogenated alkanes) is 1. The van der Waals surface area contributed by atoms with Gasteiger partial charge in [0.25, 0.3) is 5.91 Å². The summed E-state index contributed by atoms with van der Waals surface area (Å²) in [5.41, 5.74) is 0.670. The molecule has 1 aromatic rings. The van der Waals surface area contributed by atoms with Gasteiger partial charge in [-0.1, -0.05) is 20.3 Å². The lowest BCUT2D eigenvalue weighted by Gasteiger charge is -2.08. The first kappa shape index (κ1) is 16.5. The minimum Gasteiger partial charge on any atom is -0.494 e. The van der Waals surface area contributed by atoms with Gasteiger partial charge in [-0.15, -0.1) is 0 Å². The quantitative estimate of drug-likeness (QED) is 0.647. The van der Waals surface area contributed by atoms with Crippen molar-refractivity contribution in [3.05, 3.63) is 29.8 Å². The van der Waals surface area contributed by atoms with Crippen molar-refractivity contribution < 1.29 is 9.53 Å². The minimum atomic E-state index is -0.0385. The van der Waals surface area contributed by atoms with Crippen molar-refractivity contribution >= 4 is 5.91 Å². The molecule has 0 heterocycles. The zero-order valence-electron chi connectivity index (χ0n) is 12.6. The van der Waals surface area contributed by atoms with Gasteiger partial charge in [-0.2, -0.15) is 0 Å².